The van der Waals surface area contributed by atoms with E-state index in [2.05, 4.69) is 49.8 Å². The Hall–Kier alpha value is -3.04. The fourth-order valence-corrected chi connectivity index (χ4v) is 6.15. The summed E-state index contributed by atoms with van der Waals surface area (Å²) in [5.74, 6) is 1.20. The molecule has 8 nitrogen and oxygen atoms in total. The Morgan fingerprint density at radius 3 is 2.65 bits per heavy atom. The van der Waals surface area contributed by atoms with Crippen LogP contribution >= 0.6 is 0 Å². The van der Waals surface area contributed by atoms with Crippen LogP contribution in [0.5, 0.6) is 0 Å². The molecule has 9 heteroatoms. The van der Waals surface area contributed by atoms with Crippen molar-refractivity contribution in [1.29, 1.82) is 0 Å². The number of imidazole rings is 1. The summed E-state index contributed by atoms with van der Waals surface area (Å²) in [4.78, 5) is 19.6. The third kappa shape index (κ3) is 4.70. The van der Waals surface area contributed by atoms with Gasteiger partial charge in [-0.05, 0) is 90.2 Å². The molecular formula is C28H36FN7O. The van der Waals surface area contributed by atoms with E-state index in [0.717, 1.165) is 91.7 Å². The average molecular weight is 506 g/mol. The smallest absolute Gasteiger partial charge is 0.224 e. The van der Waals surface area contributed by atoms with Crippen LogP contribution in [0.25, 0.3) is 33.2 Å². The first-order valence-corrected chi connectivity index (χ1v) is 13.6. The summed E-state index contributed by atoms with van der Waals surface area (Å²) in [7, 11) is 2.15. The van der Waals surface area contributed by atoms with Gasteiger partial charge in [0.2, 0.25) is 5.95 Å². The van der Waals surface area contributed by atoms with Crippen LogP contribution in [0.4, 0.5) is 10.3 Å². The number of nitrogens with one attached hydrogen (secondary N) is 2. The number of piperidine rings is 1. The van der Waals surface area contributed by atoms with E-state index >= 15 is 4.39 Å². The van der Waals surface area contributed by atoms with E-state index in [9.17, 15) is 0 Å². The van der Waals surface area contributed by atoms with Crippen molar-refractivity contribution in [2.24, 2.45) is 0 Å². The van der Waals surface area contributed by atoms with Gasteiger partial charge in [-0.3, -0.25) is 0 Å². The van der Waals surface area contributed by atoms with Crippen LogP contribution in [0.3, 0.4) is 0 Å². The Kier molecular flexibility index (Phi) is 6.58. The molecule has 3 aromatic heterocycles. The number of hydrogen-bond donors (Lipinski definition) is 2. The van der Waals surface area contributed by atoms with Gasteiger partial charge < -0.3 is 24.5 Å². The number of nitrogens with zero attached hydrogens (tertiary/aromatic N) is 5. The number of aromatic amines is 1. The van der Waals surface area contributed by atoms with Crippen LogP contribution in [0, 0.1) is 12.7 Å². The summed E-state index contributed by atoms with van der Waals surface area (Å²) >= 11 is 0. The maximum atomic E-state index is 15.3. The number of anilines is 1. The Labute approximate surface area is 216 Å². The zero-order valence-electron chi connectivity index (χ0n) is 21.9. The van der Waals surface area contributed by atoms with Crippen LogP contribution < -0.4 is 5.32 Å². The molecule has 0 bridgehead atoms. The minimum Gasteiger partial charge on any atom is -0.379 e. The van der Waals surface area contributed by atoms with E-state index in [1.165, 1.54) is 0 Å². The van der Waals surface area contributed by atoms with Crippen LogP contribution in [0.15, 0.2) is 24.5 Å². The molecule has 0 radical (unpaired) electrons. The topological polar surface area (TPSA) is 83.9 Å². The molecule has 2 N–H and O–H groups in total. The van der Waals surface area contributed by atoms with Gasteiger partial charge in [0.15, 0.2) is 5.82 Å². The zero-order chi connectivity index (χ0) is 25.5. The van der Waals surface area contributed by atoms with Crippen molar-refractivity contribution in [3.05, 3.63) is 36.2 Å². The average Bonchev–Trinajstić information content (AvgIpc) is 3.46. The highest BCUT2D eigenvalue weighted by atomic mass is 19.1. The van der Waals surface area contributed by atoms with E-state index < -0.39 is 0 Å². The molecule has 0 spiro atoms. The van der Waals surface area contributed by atoms with Crippen molar-refractivity contribution >= 4 is 28.0 Å². The molecule has 1 aliphatic carbocycles. The molecule has 37 heavy (non-hydrogen) atoms. The second kappa shape index (κ2) is 10.0. The fourth-order valence-electron chi connectivity index (χ4n) is 6.15. The quantitative estimate of drug-likeness (QED) is 0.363. The lowest BCUT2D eigenvalue weighted by molar-refractivity contribution is 0.0346. The third-order valence-electron chi connectivity index (χ3n) is 8.13. The van der Waals surface area contributed by atoms with E-state index in [0.29, 0.717) is 29.7 Å². The van der Waals surface area contributed by atoms with Crippen molar-refractivity contribution in [1.82, 2.24) is 29.4 Å². The van der Waals surface area contributed by atoms with Crippen LogP contribution in [0.2, 0.25) is 0 Å². The lowest BCUT2D eigenvalue weighted by Crippen LogP contribution is -2.31. The number of likely N-dealkylation sites (tertiary alicyclic amines) is 1. The monoisotopic (exact) mass is 505 g/mol. The van der Waals surface area contributed by atoms with Gasteiger partial charge >= 0.3 is 0 Å². The van der Waals surface area contributed by atoms with Crippen molar-refractivity contribution in [3.8, 4) is 11.1 Å². The van der Waals surface area contributed by atoms with Gasteiger partial charge in [-0.25, -0.2) is 14.4 Å². The molecule has 4 heterocycles. The lowest BCUT2D eigenvalue weighted by Gasteiger charge is -2.30. The van der Waals surface area contributed by atoms with Crippen LogP contribution in [-0.2, 0) is 4.74 Å². The summed E-state index contributed by atoms with van der Waals surface area (Å²) in [6, 6.07) is 4.34. The molecule has 0 amide bonds. The lowest BCUT2D eigenvalue weighted by atomic mass is 9.93. The maximum absolute atomic E-state index is 15.3. The van der Waals surface area contributed by atoms with Gasteiger partial charge in [-0.2, -0.15) is 4.98 Å². The molecule has 4 aromatic rings. The molecular weight excluding hydrogens is 469 g/mol. The molecule has 1 aromatic carbocycles. The van der Waals surface area contributed by atoms with Gasteiger partial charge in [0.05, 0.1) is 11.6 Å². The number of fused-ring (bicyclic) bond motifs is 2. The number of halogens is 1. The third-order valence-corrected chi connectivity index (χ3v) is 8.13. The normalized spacial score (nSPS) is 21.7. The molecule has 196 valence electrons. The summed E-state index contributed by atoms with van der Waals surface area (Å²) < 4.78 is 23.3. The largest absolute Gasteiger partial charge is 0.379 e. The Morgan fingerprint density at radius 2 is 1.89 bits per heavy atom. The minimum absolute atomic E-state index is 0.293. The standard InChI is InChI=1S/C28H36FN7O/c1-4-37-21-7-5-19(6-8-21)33-28-31-16-23-22(15-30-27(23)34-28)18-13-24(29)26-25(14-18)36(17(2)32-26)20-9-11-35(3)12-10-20/h13-16,19-21H,4-12H2,1-3H3,(H2,30,31,33,34). The van der Waals surface area contributed by atoms with Crippen molar-refractivity contribution in [2.45, 2.75) is 70.6 Å². The van der Waals surface area contributed by atoms with Crippen LogP contribution in [-0.4, -0.2) is 68.3 Å². The number of aryl methyl sites for hydroxylation is 1. The summed E-state index contributed by atoms with van der Waals surface area (Å²) in [5.41, 5.74) is 3.76. The predicted molar refractivity (Wildman–Crippen MR) is 144 cm³/mol. The van der Waals surface area contributed by atoms with Gasteiger partial charge in [0.25, 0.3) is 0 Å². The number of ether oxygens (including phenoxy) is 1. The highest BCUT2D eigenvalue weighted by Gasteiger charge is 2.25. The number of benzene rings is 1. The number of hydrogen-bond acceptors (Lipinski definition) is 6. The molecule has 0 atom stereocenters. The van der Waals surface area contributed by atoms with Crippen molar-refractivity contribution < 1.29 is 9.13 Å². The zero-order valence-corrected chi connectivity index (χ0v) is 21.9. The molecule has 1 aliphatic heterocycles. The van der Waals surface area contributed by atoms with Gasteiger partial charge in [0, 0.05) is 42.0 Å². The minimum atomic E-state index is -0.293. The summed E-state index contributed by atoms with van der Waals surface area (Å²) in [6.45, 7) is 6.88. The van der Waals surface area contributed by atoms with Gasteiger partial charge in [-0.15, -0.1) is 0 Å². The molecule has 1 saturated carbocycles. The van der Waals surface area contributed by atoms with Gasteiger partial charge in [0.1, 0.15) is 17.0 Å². The van der Waals surface area contributed by atoms with E-state index in [1.807, 2.05) is 19.3 Å². The maximum Gasteiger partial charge on any atom is 0.224 e. The number of H-pyrrole nitrogens is 1. The molecule has 6 rings (SSSR count). The first-order valence-electron chi connectivity index (χ1n) is 13.6. The van der Waals surface area contributed by atoms with Gasteiger partial charge in [-0.1, -0.05) is 0 Å². The number of aromatic nitrogens is 5. The van der Waals surface area contributed by atoms with E-state index in [1.54, 1.807) is 6.07 Å². The molecule has 1 saturated heterocycles. The van der Waals surface area contributed by atoms with E-state index in [-0.39, 0.29) is 5.82 Å². The molecule has 2 aliphatic rings. The second-order valence-corrected chi connectivity index (χ2v) is 10.6. The predicted octanol–water partition coefficient (Wildman–Crippen LogP) is 5.45. The van der Waals surface area contributed by atoms with E-state index in [4.69, 9.17) is 9.72 Å². The highest BCUT2D eigenvalue weighted by molar-refractivity contribution is 5.96. The van der Waals surface area contributed by atoms with Crippen molar-refractivity contribution in [2.75, 3.05) is 32.1 Å². The van der Waals surface area contributed by atoms with Crippen molar-refractivity contribution in [3.63, 3.8) is 0 Å². The first-order chi connectivity index (χ1) is 18.0. The first kappa shape index (κ1) is 24.3. The Balaban J connectivity index is 1.28. The second-order valence-electron chi connectivity index (χ2n) is 10.6. The SMILES string of the molecule is CCOC1CCC(Nc2ncc3c(-c4cc(F)c5nc(C)n(C6CCN(C)CC6)c5c4)c[nH]c3n2)CC1. The molecule has 0 unspecified atom stereocenters. The fraction of sp³-hybridized carbons (Fsp3) is 0.536. The molecule has 2 fully saturated rings. The highest BCUT2D eigenvalue weighted by Crippen LogP contribution is 2.35. The van der Waals surface area contributed by atoms with Crippen LogP contribution in [0.1, 0.15) is 57.3 Å². The summed E-state index contributed by atoms with van der Waals surface area (Å²) in [5, 5.41) is 4.38. The summed E-state index contributed by atoms with van der Waals surface area (Å²) in [6.07, 6.45) is 10.4. The Morgan fingerprint density at radius 1 is 1.11 bits per heavy atom. The Bertz CT molecular complexity index is 1400. The number of rotatable bonds is 6.